The molecule has 0 amide bonds. The van der Waals surface area contributed by atoms with Crippen LogP contribution in [-0.4, -0.2) is 0 Å². The van der Waals surface area contributed by atoms with E-state index in [1.54, 1.807) is 0 Å². The van der Waals surface area contributed by atoms with Crippen LogP contribution in [0.3, 0.4) is 0 Å². The standard InChI is InChI=1S/C73H46N2O/c1-3-21-47(22-4-1)48-23-19-26-50(45-48)74(68-39-20-35-59-54-29-9-8-28-53(54)57-32-13-17-38-67(57)75(71(59)68)49-24-5-2-6-25-49)51-41-43-65-62(46-51)55-30-10-7-27-52(55)56-31-11-15-36-63(56)73(65)64-37-16-12-34-61(64)70-66(73)44-42-60-58-33-14-18-40-69(58)76-72(60)70/h1-46H. The summed E-state index contributed by atoms with van der Waals surface area (Å²) in [5.74, 6) is 0. The summed E-state index contributed by atoms with van der Waals surface area (Å²) < 4.78 is 6.97. The first kappa shape index (κ1) is 42.5. The molecule has 0 bridgehead atoms. The number of rotatable bonds is 5. The summed E-state index contributed by atoms with van der Waals surface area (Å²) >= 11 is 0. The predicted octanol–water partition coefficient (Wildman–Crippen LogP) is 19.9. The maximum absolute atomic E-state index is 6.97. The lowest BCUT2D eigenvalue weighted by Crippen LogP contribution is -2.29. The molecule has 12 aromatic carbocycles. The van der Waals surface area contributed by atoms with Gasteiger partial charge < -0.3 is 14.2 Å². The first-order chi connectivity index (χ1) is 37.7. The molecule has 1 aliphatic heterocycles. The van der Waals surface area contributed by atoms with Crippen molar-refractivity contribution in [1.82, 2.24) is 0 Å². The molecule has 1 atom stereocenters. The van der Waals surface area contributed by atoms with Crippen molar-refractivity contribution < 1.29 is 4.42 Å². The van der Waals surface area contributed by atoms with Crippen molar-refractivity contribution in [3.8, 4) is 66.8 Å². The zero-order valence-corrected chi connectivity index (χ0v) is 41.4. The molecule has 3 aliphatic rings. The molecule has 0 saturated carbocycles. The number of nitrogens with zero attached hydrogens (tertiary/aromatic N) is 2. The molecule has 1 aromatic heterocycles. The van der Waals surface area contributed by atoms with Gasteiger partial charge in [0.15, 0.2) is 0 Å². The van der Waals surface area contributed by atoms with E-state index in [1.165, 1.54) is 66.8 Å². The van der Waals surface area contributed by atoms with Crippen LogP contribution in [0.2, 0.25) is 0 Å². The number of para-hydroxylation sites is 4. The Bertz CT molecular complexity index is 4490. The molecule has 3 nitrogen and oxygen atoms in total. The molecular weight excluding hydrogens is 921 g/mol. The maximum Gasteiger partial charge on any atom is 0.143 e. The molecule has 13 aromatic rings. The van der Waals surface area contributed by atoms with E-state index in [0.29, 0.717) is 0 Å². The van der Waals surface area contributed by atoms with Gasteiger partial charge in [0.2, 0.25) is 0 Å². The lowest BCUT2D eigenvalue weighted by molar-refractivity contribution is 0.669. The largest absolute Gasteiger partial charge is 0.455 e. The molecule has 16 rings (SSSR count). The predicted molar refractivity (Wildman–Crippen MR) is 315 cm³/mol. The van der Waals surface area contributed by atoms with Crippen LogP contribution in [0.4, 0.5) is 34.1 Å². The van der Waals surface area contributed by atoms with Crippen LogP contribution in [0.1, 0.15) is 22.3 Å². The van der Waals surface area contributed by atoms with Crippen molar-refractivity contribution in [3.05, 3.63) is 301 Å². The van der Waals surface area contributed by atoms with E-state index >= 15 is 0 Å². The van der Waals surface area contributed by atoms with Gasteiger partial charge in [0.05, 0.1) is 22.5 Å². The van der Waals surface area contributed by atoms with Crippen LogP contribution in [0, 0.1) is 0 Å². The summed E-state index contributed by atoms with van der Waals surface area (Å²) in [6.07, 6.45) is 0. The average Bonchev–Trinajstić information content (AvgIpc) is 4.17. The van der Waals surface area contributed by atoms with Gasteiger partial charge in [0.25, 0.3) is 0 Å². The number of hydrogen-bond acceptors (Lipinski definition) is 3. The summed E-state index contributed by atoms with van der Waals surface area (Å²) in [5.41, 5.74) is 26.8. The van der Waals surface area contributed by atoms with Gasteiger partial charge in [-0.25, -0.2) is 0 Å². The molecule has 354 valence electrons. The third-order valence-electron chi connectivity index (χ3n) is 16.4. The van der Waals surface area contributed by atoms with Crippen molar-refractivity contribution in [2.24, 2.45) is 0 Å². The van der Waals surface area contributed by atoms with E-state index in [4.69, 9.17) is 4.42 Å². The smallest absolute Gasteiger partial charge is 0.143 e. The van der Waals surface area contributed by atoms with Crippen molar-refractivity contribution in [2.75, 3.05) is 9.80 Å². The van der Waals surface area contributed by atoms with Gasteiger partial charge in [-0.2, -0.15) is 0 Å². The Morgan fingerprint density at radius 1 is 0.329 bits per heavy atom. The molecule has 3 heteroatoms. The molecule has 1 unspecified atom stereocenters. The number of fused-ring (bicyclic) bond motifs is 21. The Morgan fingerprint density at radius 3 is 1.66 bits per heavy atom. The Kier molecular flexibility index (Phi) is 9.25. The van der Waals surface area contributed by atoms with E-state index in [-0.39, 0.29) is 0 Å². The minimum absolute atomic E-state index is 0.706. The van der Waals surface area contributed by atoms with Gasteiger partial charge in [0, 0.05) is 44.5 Å². The third-order valence-corrected chi connectivity index (χ3v) is 16.4. The molecule has 0 radical (unpaired) electrons. The highest BCUT2D eigenvalue weighted by molar-refractivity contribution is 6.14. The third kappa shape index (κ3) is 5.99. The van der Waals surface area contributed by atoms with Crippen molar-refractivity contribution in [3.63, 3.8) is 0 Å². The Morgan fingerprint density at radius 2 is 0.868 bits per heavy atom. The Hall–Kier alpha value is -9.96. The average molecular weight is 967 g/mol. The van der Waals surface area contributed by atoms with E-state index in [9.17, 15) is 0 Å². The first-order valence-corrected chi connectivity index (χ1v) is 26.2. The molecule has 0 saturated heterocycles. The molecule has 0 N–H and O–H groups in total. The van der Waals surface area contributed by atoms with Crippen molar-refractivity contribution >= 4 is 56.1 Å². The quantitative estimate of drug-likeness (QED) is 0.171. The summed E-state index contributed by atoms with van der Waals surface area (Å²) in [6, 6.07) is 103. The second-order valence-electron chi connectivity index (χ2n) is 20.2. The molecule has 1 spiro atoms. The van der Waals surface area contributed by atoms with Crippen LogP contribution in [0.15, 0.2) is 283 Å². The van der Waals surface area contributed by atoms with Crippen LogP contribution >= 0.6 is 0 Å². The second kappa shape index (κ2) is 16.5. The van der Waals surface area contributed by atoms with Gasteiger partial charge in [0.1, 0.15) is 11.2 Å². The number of hydrogen-bond donors (Lipinski definition) is 0. The molecule has 0 fully saturated rings. The number of anilines is 6. The molecular formula is C73H46N2O. The maximum atomic E-state index is 6.97. The number of furan rings is 1. The van der Waals surface area contributed by atoms with Gasteiger partial charge in [-0.15, -0.1) is 0 Å². The Balaban J connectivity index is 1.02. The van der Waals surface area contributed by atoms with Crippen molar-refractivity contribution in [2.45, 2.75) is 5.41 Å². The highest BCUT2D eigenvalue weighted by atomic mass is 16.3. The summed E-state index contributed by atoms with van der Waals surface area (Å²) in [4.78, 5) is 5.00. The zero-order valence-electron chi connectivity index (χ0n) is 41.4. The minimum Gasteiger partial charge on any atom is -0.455 e. The minimum atomic E-state index is -0.706. The fourth-order valence-electron chi connectivity index (χ4n) is 13.3. The van der Waals surface area contributed by atoms with Crippen LogP contribution in [0.5, 0.6) is 0 Å². The lowest BCUT2D eigenvalue weighted by atomic mass is 9.66. The molecule has 76 heavy (non-hydrogen) atoms. The van der Waals surface area contributed by atoms with Crippen molar-refractivity contribution in [1.29, 1.82) is 0 Å². The van der Waals surface area contributed by atoms with Crippen LogP contribution in [-0.2, 0) is 5.41 Å². The number of benzene rings is 12. The summed E-state index contributed by atoms with van der Waals surface area (Å²) in [6.45, 7) is 0. The highest BCUT2D eigenvalue weighted by Crippen LogP contribution is 2.64. The molecule has 2 heterocycles. The van der Waals surface area contributed by atoms with Crippen LogP contribution in [0.25, 0.3) is 88.7 Å². The second-order valence-corrected chi connectivity index (χ2v) is 20.2. The van der Waals surface area contributed by atoms with E-state index in [1.807, 2.05) is 0 Å². The van der Waals surface area contributed by atoms with Gasteiger partial charge in [-0.05, 0) is 127 Å². The zero-order chi connectivity index (χ0) is 49.9. The van der Waals surface area contributed by atoms with Gasteiger partial charge in [-0.1, -0.05) is 224 Å². The van der Waals surface area contributed by atoms with Gasteiger partial charge >= 0.3 is 0 Å². The Labute approximate surface area is 441 Å². The SMILES string of the molecule is c1ccc(-c2cccc(N(c3ccc4c(c3)-c3ccccc3-c3ccccc3C43c4ccccc4-c4c3ccc3c4oc4ccccc43)c3cccc4c3N(c3ccccc3)c3ccccc3-c3ccccc3-4)c2)cc1. The monoisotopic (exact) mass is 966 g/mol. The topological polar surface area (TPSA) is 19.6 Å². The summed E-state index contributed by atoms with van der Waals surface area (Å²) in [5, 5.41) is 2.26. The summed E-state index contributed by atoms with van der Waals surface area (Å²) in [7, 11) is 0. The molecule has 2 aliphatic carbocycles. The fourth-order valence-corrected chi connectivity index (χ4v) is 13.3. The van der Waals surface area contributed by atoms with E-state index < -0.39 is 5.41 Å². The fraction of sp³-hybridized carbons (Fsp3) is 0.0137. The first-order valence-electron chi connectivity index (χ1n) is 26.2. The van der Waals surface area contributed by atoms with E-state index in [2.05, 4.69) is 289 Å². The van der Waals surface area contributed by atoms with Crippen LogP contribution < -0.4 is 9.80 Å². The highest BCUT2D eigenvalue weighted by Gasteiger charge is 2.51. The normalized spacial score (nSPS) is 14.3. The van der Waals surface area contributed by atoms with E-state index in [0.717, 1.165) is 78.3 Å². The van der Waals surface area contributed by atoms with Gasteiger partial charge in [-0.3, -0.25) is 0 Å². The lowest BCUT2D eigenvalue weighted by Gasteiger charge is -2.37.